The highest BCUT2D eigenvalue weighted by molar-refractivity contribution is 8.09. The molecular formula is C20H14N6O2S. The van der Waals surface area contributed by atoms with Gasteiger partial charge in [0.05, 0.1) is 36.4 Å². The lowest BCUT2D eigenvalue weighted by Crippen LogP contribution is -2.62. The lowest BCUT2D eigenvalue weighted by atomic mass is 10.0. The van der Waals surface area contributed by atoms with Gasteiger partial charge in [0.25, 0.3) is 5.91 Å². The van der Waals surface area contributed by atoms with Crippen LogP contribution in [0.5, 0.6) is 0 Å². The highest BCUT2D eigenvalue weighted by Gasteiger charge is 2.50. The van der Waals surface area contributed by atoms with E-state index >= 15 is 0 Å². The summed E-state index contributed by atoms with van der Waals surface area (Å²) in [6.45, 7) is 0.185. The van der Waals surface area contributed by atoms with Crippen LogP contribution in [0.3, 0.4) is 0 Å². The lowest BCUT2D eigenvalue weighted by Gasteiger charge is -2.40. The molecule has 1 aromatic carbocycles. The average molecular weight is 402 g/mol. The van der Waals surface area contributed by atoms with Crippen molar-refractivity contribution in [2.75, 3.05) is 11.4 Å². The van der Waals surface area contributed by atoms with Crippen LogP contribution < -0.4 is 4.90 Å². The van der Waals surface area contributed by atoms with E-state index in [1.807, 2.05) is 24.3 Å². The second kappa shape index (κ2) is 7.74. The van der Waals surface area contributed by atoms with Crippen LogP contribution in [-0.2, 0) is 4.79 Å². The Morgan fingerprint density at radius 2 is 2.00 bits per heavy atom. The Kier molecular flexibility index (Phi) is 4.98. The molecule has 2 aromatic rings. The summed E-state index contributed by atoms with van der Waals surface area (Å²) in [4.78, 5) is 37.7. The topological polar surface area (TPSA) is 114 Å². The van der Waals surface area contributed by atoms with Gasteiger partial charge in [0.1, 0.15) is 5.25 Å². The number of imide groups is 1. The van der Waals surface area contributed by atoms with Gasteiger partial charge in [0.15, 0.2) is 5.82 Å². The first-order chi connectivity index (χ1) is 14.2. The Labute approximate surface area is 171 Å². The van der Waals surface area contributed by atoms with Crippen molar-refractivity contribution >= 4 is 34.4 Å². The highest BCUT2D eigenvalue weighted by Crippen LogP contribution is 2.45. The fourth-order valence-corrected chi connectivity index (χ4v) is 4.76. The molecule has 1 saturated heterocycles. The summed E-state index contributed by atoms with van der Waals surface area (Å²) in [5, 5.41) is 17.8. The van der Waals surface area contributed by atoms with Crippen LogP contribution in [0.1, 0.15) is 17.5 Å². The number of carbonyl (C=O) groups excluding carboxylic acids is 2. The largest absolute Gasteiger partial charge is 0.333 e. The SMILES string of the molecule is N#CCCN1C(=O)N(c2cnccn2)C(=O)C2SC(c3ccccc3C#N)=CC21. The van der Waals surface area contributed by atoms with E-state index in [0.29, 0.717) is 5.56 Å². The number of nitriles is 2. The fraction of sp³-hybridized carbons (Fsp3) is 0.200. The maximum absolute atomic E-state index is 13.2. The molecule has 1 aromatic heterocycles. The molecule has 9 heteroatoms. The molecule has 2 aliphatic rings. The zero-order valence-electron chi connectivity index (χ0n) is 15.1. The maximum Gasteiger partial charge on any atom is 0.333 e. The third kappa shape index (κ3) is 3.22. The van der Waals surface area contributed by atoms with E-state index in [9.17, 15) is 14.9 Å². The molecule has 29 heavy (non-hydrogen) atoms. The average Bonchev–Trinajstić information content (AvgIpc) is 3.20. The minimum atomic E-state index is -0.588. The van der Waals surface area contributed by atoms with E-state index in [-0.39, 0.29) is 24.7 Å². The highest BCUT2D eigenvalue weighted by atomic mass is 32.2. The molecule has 142 valence electrons. The van der Waals surface area contributed by atoms with Crippen molar-refractivity contribution in [3.8, 4) is 12.1 Å². The van der Waals surface area contributed by atoms with E-state index in [1.165, 1.54) is 35.3 Å². The van der Waals surface area contributed by atoms with Crippen molar-refractivity contribution in [1.29, 1.82) is 10.5 Å². The molecule has 0 bridgehead atoms. The fourth-order valence-electron chi connectivity index (χ4n) is 3.40. The third-order valence-electron chi connectivity index (χ3n) is 4.70. The van der Waals surface area contributed by atoms with Crippen LogP contribution in [0.25, 0.3) is 4.91 Å². The lowest BCUT2D eigenvalue weighted by molar-refractivity contribution is -0.119. The Morgan fingerprint density at radius 1 is 1.17 bits per heavy atom. The summed E-state index contributed by atoms with van der Waals surface area (Å²) in [7, 11) is 0. The van der Waals surface area contributed by atoms with Gasteiger partial charge in [-0.3, -0.25) is 9.78 Å². The van der Waals surface area contributed by atoms with Gasteiger partial charge in [0.2, 0.25) is 0 Å². The number of anilines is 1. The molecule has 1 fully saturated rings. The molecule has 0 radical (unpaired) electrons. The van der Waals surface area contributed by atoms with E-state index in [1.54, 1.807) is 12.1 Å². The van der Waals surface area contributed by atoms with Gasteiger partial charge >= 0.3 is 6.03 Å². The van der Waals surface area contributed by atoms with Gasteiger partial charge in [-0.15, -0.1) is 11.8 Å². The number of hydrogen-bond donors (Lipinski definition) is 0. The molecule has 0 N–H and O–H groups in total. The summed E-state index contributed by atoms with van der Waals surface area (Å²) in [5.41, 5.74) is 1.22. The number of rotatable bonds is 4. The number of benzene rings is 1. The van der Waals surface area contributed by atoms with Gasteiger partial charge in [-0.2, -0.15) is 10.5 Å². The number of nitrogens with zero attached hydrogens (tertiary/aromatic N) is 6. The number of amides is 3. The van der Waals surface area contributed by atoms with Crippen molar-refractivity contribution in [2.45, 2.75) is 17.7 Å². The standard InChI is InChI=1S/C20H14N6O2S/c21-6-3-9-25-15-10-16(14-5-2-1-4-13(14)11-22)29-18(15)19(27)26(20(25)28)17-12-23-7-8-24-17/h1-2,4-5,7-8,10,12,15,18H,3,9H2. The van der Waals surface area contributed by atoms with Crippen LogP contribution in [0, 0.1) is 22.7 Å². The number of thioether (sulfide) groups is 1. The van der Waals surface area contributed by atoms with E-state index in [4.69, 9.17) is 5.26 Å². The molecule has 3 heterocycles. The Morgan fingerprint density at radius 3 is 2.72 bits per heavy atom. The van der Waals surface area contributed by atoms with Crippen LogP contribution in [0.2, 0.25) is 0 Å². The smallest absolute Gasteiger partial charge is 0.315 e. The molecular weight excluding hydrogens is 388 g/mol. The third-order valence-corrected chi connectivity index (χ3v) is 6.05. The van der Waals surface area contributed by atoms with E-state index < -0.39 is 17.3 Å². The molecule has 4 rings (SSSR count). The van der Waals surface area contributed by atoms with Crippen LogP contribution in [0.4, 0.5) is 10.6 Å². The second-order valence-corrected chi connectivity index (χ2v) is 7.52. The first-order valence-corrected chi connectivity index (χ1v) is 9.69. The molecule has 0 saturated carbocycles. The minimum Gasteiger partial charge on any atom is -0.315 e. The number of carbonyl (C=O) groups is 2. The molecule has 8 nitrogen and oxygen atoms in total. The second-order valence-electron chi connectivity index (χ2n) is 6.34. The molecule has 2 atom stereocenters. The van der Waals surface area contributed by atoms with Gasteiger partial charge < -0.3 is 4.90 Å². The molecule has 2 unspecified atom stereocenters. The minimum absolute atomic E-state index is 0.139. The van der Waals surface area contributed by atoms with Crippen molar-refractivity contribution < 1.29 is 9.59 Å². The molecule has 0 aliphatic carbocycles. The first-order valence-electron chi connectivity index (χ1n) is 8.81. The predicted octanol–water partition coefficient (Wildman–Crippen LogP) is 2.56. The van der Waals surface area contributed by atoms with Crippen LogP contribution >= 0.6 is 11.8 Å². The summed E-state index contributed by atoms with van der Waals surface area (Å²) in [6.07, 6.45) is 6.21. The molecule has 3 amide bonds. The van der Waals surface area contributed by atoms with Crippen LogP contribution in [-0.4, -0.2) is 44.6 Å². The van der Waals surface area contributed by atoms with Gasteiger partial charge in [0, 0.05) is 29.4 Å². The van der Waals surface area contributed by atoms with Crippen molar-refractivity contribution in [1.82, 2.24) is 14.9 Å². The first kappa shape index (κ1) is 18.7. The van der Waals surface area contributed by atoms with Gasteiger partial charge in [-0.1, -0.05) is 18.2 Å². The zero-order chi connectivity index (χ0) is 20.4. The van der Waals surface area contributed by atoms with Crippen LogP contribution in [0.15, 0.2) is 48.9 Å². The van der Waals surface area contributed by atoms with Gasteiger partial charge in [-0.05, 0) is 12.1 Å². The summed E-state index contributed by atoms with van der Waals surface area (Å²) in [5.74, 6) is -0.242. The number of fused-ring (bicyclic) bond motifs is 1. The van der Waals surface area contributed by atoms with E-state index in [0.717, 1.165) is 15.4 Å². The number of urea groups is 1. The quantitative estimate of drug-likeness (QED) is 0.772. The molecule has 2 aliphatic heterocycles. The maximum atomic E-state index is 13.2. The summed E-state index contributed by atoms with van der Waals surface area (Å²) < 4.78 is 0. The van der Waals surface area contributed by atoms with Gasteiger partial charge in [-0.25, -0.2) is 14.7 Å². The zero-order valence-corrected chi connectivity index (χ0v) is 15.9. The monoisotopic (exact) mass is 402 g/mol. The Hall–Kier alpha value is -3.69. The molecule has 0 spiro atoms. The van der Waals surface area contributed by atoms with Crippen molar-refractivity contribution in [2.24, 2.45) is 0 Å². The normalized spacial score (nSPS) is 20.7. The van der Waals surface area contributed by atoms with Crippen molar-refractivity contribution in [3.05, 3.63) is 60.1 Å². The Balaban J connectivity index is 1.75. The van der Waals surface area contributed by atoms with Crippen molar-refractivity contribution in [3.63, 3.8) is 0 Å². The number of aromatic nitrogens is 2. The summed E-state index contributed by atoms with van der Waals surface area (Å²) >= 11 is 1.32. The predicted molar refractivity (Wildman–Crippen MR) is 106 cm³/mol. The summed E-state index contributed by atoms with van der Waals surface area (Å²) in [6, 6.07) is 10.3. The van der Waals surface area contributed by atoms with E-state index in [2.05, 4.69) is 16.0 Å². The number of hydrogen-bond acceptors (Lipinski definition) is 7. The Bertz CT molecular complexity index is 1090.